The zero-order valence-corrected chi connectivity index (χ0v) is 16.3. The molecule has 0 aliphatic heterocycles. The Labute approximate surface area is 160 Å². The van der Waals surface area contributed by atoms with Gasteiger partial charge < -0.3 is 10.1 Å². The van der Waals surface area contributed by atoms with E-state index in [1.165, 1.54) is 0 Å². The standard InChI is InChI=1S/C20H26N6O/c1-5-25(6-2)24(3)20-15-26(23-22-20)18-12-10-16(11-13-18)21-17-8-7-9-19(14-17)27-4/h7-15,21H,5-6H2,1-4H3. The van der Waals surface area contributed by atoms with Gasteiger partial charge >= 0.3 is 0 Å². The Balaban J connectivity index is 1.72. The highest BCUT2D eigenvalue weighted by atomic mass is 16.5. The third kappa shape index (κ3) is 4.38. The fourth-order valence-electron chi connectivity index (χ4n) is 2.89. The first kappa shape index (κ1) is 18.7. The number of hydrazine groups is 1. The van der Waals surface area contributed by atoms with Gasteiger partial charge in [0.25, 0.3) is 0 Å². The van der Waals surface area contributed by atoms with E-state index in [1.54, 1.807) is 11.8 Å². The number of benzene rings is 2. The molecule has 0 spiro atoms. The first-order valence-electron chi connectivity index (χ1n) is 9.07. The highest BCUT2D eigenvalue weighted by Crippen LogP contribution is 2.22. The largest absolute Gasteiger partial charge is 0.497 e. The number of methoxy groups -OCH3 is 1. The van der Waals surface area contributed by atoms with Gasteiger partial charge in [-0.25, -0.2) is 9.69 Å². The van der Waals surface area contributed by atoms with Gasteiger partial charge in [0.2, 0.25) is 0 Å². The minimum atomic E-state index is 0.817. The van der Waals surface area contributed by atoms with E-state index >= 15 is 0 Å². The summed E-state index contributed by atoms with van der Waals surface area (Å²) in [6.45, 7) is 6.09. The van der Waals surface area contributed by atoms with Crippen LogP contribution in [0.4, 0.5) is 17.2 Å². The summed E-state index contributed by atoms with van der Waals surface area (Å²) in [6.07, 6.45) is 1.93. The van der Waals surface area contributed by atoms with Crippen LogP contribution in [0.5, 0.6) is 5.75 Å². The normalized spacial score (nSPS) is 10.9. The Bertz CT molecular complexity index is 857. The van der Waals surface area contributed by atoms with Crippen LogP contribution in [0.3, 0.4) is 0 Å². The van der Waals surface area contributed by atoms with Gasteiger partial charge in [-0.05, 0) is 36.4 Å². The van der Waals surface area contributed by atoms with Gasteiger partial charge in [0.15, 0.2) is 5.82 Å². The second-order valence-corrected chi connectivity index (χ2v) is 6.09. The summed E-state index contributed by atoms with van der Waals surface area (Å²) in [4.78, 5) is 0. The zero-order valence-electron chi connectivity index (χ0n) is 16.3. The predicted octanol–water partition coefficient (Wildman–Crippen LogP) is 3.71. The number of aromatic nitrogens is 3. The molecule has 0 amide bonds. The van der Waals surface area contributed by atoms with Crippen molar-refractivity contribution in [1.29, 1.82) is 0 Å². The van der Waals surface area contributed by atoms with Crippen molar-refractivity contribution < 1.29 is 4.74 Å². The van der Waals surface area contributed by atoms with Gasteiger partial charge in [0, 0.05) is 37.6 Å². The number of nitrogens with one attached hydrogen (secondary N) is 1. The number of rotatable bonds is 8. The second kappa shape index (κ2) is 8.55. The lowest BCUT2D eigenvalue weighted by atomic mass is 10.2. The van der Waals surface area contributed by atoms with Crippen molar-refractivity contribution in [2.45, 2.75) is 13.8 Å². The minimum absolute atomic E-state index is 0.817. The molecule has 7 heteroatoms. The zero-order chi connectivity index (χ0) is 19.2. The van der Waals surface area contributed by atoms with Crippen LogP contribution in [0.25, 0.3) is 5.69 Å². The van der Waals surface area contributed by atoms with Gasteiger partial charge in [0.1, 0.15) is 5.75 Å². The Hall–Kier alpha value is -3.06. The maximum absolute atomic E-state index is 5.26. The Morgan fingerprint density at radius 2 is 1.78 bits per heavy atom. The van der Waals surface area contributed by atoms with Crippen LogP contribution < -0.4 is 15.1 Å². The van der Waals surface area contributed by atoms with Crippen LogP contribution in [0.1, 0.15) is 13.8 Å². The highest BCUT2D eigenvalue weighted by molar-refractivity contribution is 5.62. The summed E-state index contributed by atoms with van der Waals surface area (Å²) < 4.78 is 7.04. The molecule has 7 nitrogen and oxygen atoms in total. The third-order valence-corrected chi connectivity index (χ3v) is 4.46. The molecule has 1 heterocycles. The molecule has 0 unspecified atom stereocenters. The van der Waals surface area contributed by atoms with E-state index in [4.69, 9.17) is 4.74 Å². The molecule has 0 saturated heterocycles. The molecule has 0 radical (unpaired) electrons. The van der Waals surface area contributed by atoms with E-state index in [0.29, 0.717) is 0 Å². The van der Waals surface area contributed by atoms with Crippen molar-refractivity contribution in [3.05, 3.63) is 54.7 Å². The van der Waals surface area contributed by atoms with Crippen molar-refractivity contribution in [3.63, 3.8) is 0 Å². The smallest absolute Gasteiger partial charge is 0.185 e. The molecule has 0 bridgehead atoms. The van der Waals surface area contributed by atoms with Crippen molar-refractivity contribution in [1.82, 2.24) is 20.0 Å². The summed E-state index contributed by atoms with van der Waals surface area (Å²) in [5, 5.41) is 16.1. The maximum atomic E-state index is 5.26. The van der Waals surface area contributed by atoms with E-state index < -0.39 is 0 Å². The van der Waals surface area contributed by atoms with E-state index in [-0.39, 0.29) is 0 Å². The molecular weight excluding hydrogens is 340 g/mol. The summed E-state index contributed by atoms with van der Waals surface area (Å²) in [7, 11) is 3.67. The molecule has 1 N–H and O–H groups in total. The lowest BCUT2D eigenvalue weighted by Gasteiger charge is -2.29. The highest BCUT2D eigenvalue weighted by Gasteiger charge is 2.12. The lowest BCUT2D eigenvalue weighted by Crippen LogP contribution is -2.39. The molecule has 27 heavy (non-hydrogen) atoms. The fourth-order valence-corrected chi connectivity index (χ4v) is 2.89. The SMILES string of the molecule is CCN(CC)N(C)c1cn(-c2ccc(Nc3cccc(OC)c3)cc2)nn1. The molecular formula is C20H26N6O. The molecule has 3 rings (SSSR count). The molecule has 0 atom stereocenters. The van der Waals surface area contributed by atoms with E-state index in [9.17, 15) is 0 Å². The van der Waals surface area contributed by atoms with Crippen molar-refractivity contribution in [2.24, 2.45) is 0 Å². The number of hydrogen-bond donors (Lipinski definition) is 1. The molecule has 0 aliphatic carbocycles. The number of nitrogens with zero attached hydrogens (tertiary/aromatic N) is 5. The minimum Gasteiger partial charge on any atom is -0.497 e. The molecule has 3 aromatic rings. The van der Waals surface area contributed by atoms with Gasteiger partial charge in [-0.2, -0.15) is 0 Å². The first-order valence-corrected chi connectivity index (χ1v) is 9.07. The van der Waals surface area contributed by atoms with Crippen LogP contribution in [0.15, 0.2) is 54.7 Å². The monoisotopic (exact) mass is 366 g/mol. The Morgan fingerprint density at radius 1 is 1.04 bits per heavy atom. The molecule has 1 aromatic heterocycles. The van der Waals surface area contributed by atoms with Crippen molar-refractivity contribution >= 4 is 17.2 Å². The van der Waals surface area contributed by atoms with Gasteiger partial charge in [-0.3, -0.25) is 5.01 Å². The summed E-state index contributed by atoms with van der Waals surface area (Å²) in [5.74, 6) is 1.64. The summed E-state index contributed by atoms with van der Waals surface area (Å²) in [6, 6.07) is 15.9. The number of hydrogen-bond acceptors (Lipinski definition) is 6. The van der Waals surface area contributed by atoms with Crippen molar-refractivity contribution in [3.8, 4) is 11.4 Å². The van der Waals surface area contributed by atoms with E-state index in [0.717, 1.165) is 41.7 Å². The van der Waals surface area contributed by atoms with Crippen LogP contribution in [0.2, 0.25) is 0 Å². The van der Waals surface area contributed by atoms with Gasteiger partial charge in [0.05, 0.1) is 19.0 Å². The summed E-state index contributed by atoms with van der Waals surface area (Å²) >= 11 is 0. The quantitative estimate of drug-likeness (QED) is 0.613. The van der Waals surface area contributed by atoms with E-state index in [2.05, 4.69) is 34.5 Å². The third-order valence-electron chi connectivity index (χ3n) is 4.46. The van der Waals surface area contributed by atoms with Crippen LogP contribution in [-0.4, -0.2) is 47.2 Å². The molecule has 2 aromatic carbocycles. The van der Waals surface area contributed by atoms with E-state index in [1.807, 2.05) is 66.8 Å². The Kier molecular flexibility index (Phi) is 5.93. The molecule has 0 saturated carbocycles. The molecule has 142 valence electrons. The topological polar surface area (TPSA) is 58.5 Å². The van der Waals surface area contributed by atoms with Crippen LogP contribution in [0, 0.1) is 0 Å². The fraction of sp³-hybridized carbons (Fsp3) is 0.300. The average molecular weight is 366 g/mol. The maximum Gasteiger partial charge on any atom is 0.185 e. The molecule has 0 aliphatic rings. The van der Waals surface area contributed by atoms with Gasteiger partial charge in [-0.1, -0.05) is 25.1 Å². The van der Waals surface area contributed by atoms with Crippen molar-refractivity contribution in [2.75, 3.05) is 37.6 Å². The predicted molar refractivity (Wildman–Crippen MR) is 109 cm³/mol. The average Bonchev–Trinajstić information content (AvgIpc) is 3.20. The number of ether oxygens (including phenoxy) is 1. The lowest BCUT2D eigenvalue weighted by molar-refractivity contribution is 0.291. The Morgan fingerprint density at radius 3 is 2.44 bits per heavy atom. The van der Waals surface area contributed by atoms with Gasteiger partial charge in [-0.15, -0.1) is 5.10 Å². The van der Waals surface area contributed by atoms with Crippen LogP contribution >= 0.6 is 0 Å². The molecule has 0 fully saturated rings. The summed E-state index contributed by atoms with van der Waals surface area (Å²) in [5.41, 5.74) is 2.93. The second-order valence-electron chi connectivity index (χ2n) is 6.09. The first-order chi connectivity index (χ1) is 13.1. The van der Waals surface area contributed by atoms with Crippen LogP contribution in [-0.2, 0) is 0 Å². The number of anilines is 3.